The topological polar surface area (TPSA) is 63.3 Å². The molecule has 1 aromatic carbocycles. The molecule has 0 saturated heterocycles. The van der Waals surface area contributed by atoms with Crippen LogP contribution in [0.2, 0.25) is 0 Å². The van der Waals surface area contributed by atoms with Gasteiger partial charge in [-0.2, -0.15) is 0 Å². The first kappa shape index (κ1) is 12.8. The van der Waals surface area contributed by atoms with Gasteiger partial charge in [-0.05, 0) is 27.4 Å². The van der Waals surface area contributed by atoms with Gasteiger partial charge in [0.05, 0.1) is 0 Å². The molecule has 94 valence electrons. The van der Waals surface area contributed by atoms with Crippen molar-refractivity contribution in [3.05, 3.63) is 40.0 Å². The van der Waals surface area contributed by atoms with Crippen LogP contribution in [0, 0.1) is 0 Å². The van der Waals surface area contributed by atoms with Crippen LogP contribution in [0.25, 0.3) is 11.3 Å². The second-order valence-corrected chi connectivity index (χ2v) is 5.05. The Labute approximate surface area is 113 Å². The molecule has 1 aromatic heterocycles. The Hall–Kier alpha value is -1.62. The van der Waals surface area contributed by atoms with Crippen molar-refractivity contribution < 1.29 is 14.4 Å². The van der Waals surface area contributed by atoms with E-state index < -0.39 is 5.97 Å². The maximum atomic E-state index is 10.9. The number of carboxylic acid groups (broad SMARTS) is 1. The molecule has 2 aromatic rings. The van der Waals surface area contributed by atoms with Crippen molar-refractivity contribution in [1.82, 2.24) is 5.16 Å². The molecule has 18 heavy (non-hydrogen) atoms. The van der Waals surface area contributed by atoms with Crippen molar-refractivity contribution in [2.24, 2.45) is 0 Å². The minimum absolute atomic E-state index is 0.113. The molecule has 5 heteroatoms. The summed E-state index contributed by atoms with van der Waals surface area (Å²) in [5.74, 6) is -0.231. The highest BCUT2D eigenvalue weighted by Gasteiger charge is 2.20. The molecule has 0 saturated carbocycles. The van der Waals surface area contributed by atoms with Crippen molar-refractivity contribution in [2.75, 3.05) is 0 Å². The van der Waals surface area contributed by atoms with E-state index in [0.29, 0.717) is 16.2 Å². The summed E-state index contributed by atoms with van der Waals surface area (Å²) < 4.78 is 5.43. The van der Waals surface area contributed by atoms with E-state index in [0.717, 1.165) is 5.56 Å². The van der Waals surface area contributed by atoms with Gasteiger partial charge in [-0.3, -0.25) is 0 Å². The summed E-state index contributed by atoms with van der Waals surface area (Å²) in [6.07, 6.45) is 0. The number of carboxylic acids is 1. The average molecular weight is 310 g/mol. The minimum atomic E-state index is -1.12. The molecule has 0 atom stereocenters. The van der Waals surface area contributed by atoms with E-state index in [1.165, 1.54) is 5.56 Å². The van der Waals surface area contributed by atoms with Gasteiger partial charge >= 0.3 is 5.97 Å². The first-order chi connectivity index (χ1) is 8.50. The molecule has 0 fully saturated rings. The molecule has 0 amide bonds. The number of hydrogen-bond donors (Lipinski definition) is 1. The van der Waals surface area contributed by atoms with Gasteiger partial charge in [-0.25, -0.2) is 4.79 Å². The Morgan fingerprint density at radius 2 is 1.94 bits per heavy atom. The number of halogens is 1. The van der Waals surface area contributed by atoms with Crippen LogP contribution in [0.4, 0.5) is 0 Å². The second-order valence-electron chi connectivity index (χ2n) is 4.26. The smallest absolute Gasteiger partial charge is 0.359 e. The summed E-state index contributed by atoms with van der Waals surface area (Å²) >= 11 is 3.20. The quantitative estimate of drug-likeness (QED) is 0.933. The maximum Gasteiger partial charge on any atom is 0.359 e. The average Bonchev–Trinajstić information content (AvgIpc) is 2.71. The molecule has 0 unspecified atom stereocenters. The number of aromatic nitrogens is 1. The zero-order valence-corrected chi connectivity index (χ0v) is 11.6. The first-order valence-electron chi connectivity index (χ1n) is 5.49. The van der Waals surface area contributed by atoms with E-state index in [1.807, 2.05) is 24.3 Å². The zero-order chi connectivity index (χ0) is 13.3. The lowest BCUT2D eigenvalue weighted by Gasteiger charge is -2.05. The molecule has 0 bridgehead atoms. The lowest BCUT2D eigenvalue weighted by molar-refractivity contribution is 0.0685. The number of aromatic carboxylic acids is 1. The minimum Gasteiger partial charge on any atom is -0.476 e. The number of benzene rings is 1. The molecule has 1 heterocycles. The van der Waals surface area contributed by atoms with Crippen LogP contribution < -0.4 is 0 Å². The highest BCUT2D eigenvalue weighted by molar-refractivity contribution is 9.10. The van der Waals surface area contributed by atoms with Crippen LogP contribution >= 0.6 is 15.9 Å². The SMILES string of the molecule is CC(C)c1ccc(-c2onc(C(=O)O)c2Br)cc1. The van der Waals surface area contributed by atoms with Gasteiger partial charge in [0.25, 0.3) is 0 Å². The van der Waals surface area contributed by atoms with E-state index in [9.17, 15) is 4.79 Å². The fourth-order valence-corrected chi connectivity index (χ4v) is 2.15. The van der Waals surface area contributed by atoms with Gasteiger partial charge in [-0.1, -0.05) is 43.3 Å². The molecule has 0 spiro atoms. The van der Waals surface area contributed by atoms with Crippen molar-refractivity contribution >= 4 is 21.9 Å². The van der Waals surface area contributed by atoms with Crippen molar-refractivity contribution in [3.63, 3.8) is 0 Å². The van der Waals surface area contributed by atoms with Gasteiger partial charge < -0.3 is 9.63 Å². The summed E-state index contributed by atoms with van der Waals surface area (Å²) in [6, 6.07) is 7.78. The van der Waals surface area contributed by atoms with E-state index in [2.05, 4.69) is 34.9 Å². The Bertz CT molecular complexity index is 572. The highest BCUT2D eigenvalue weighted by atomic mass is 79.9. The van der Waals surface area contributed by atoms with Gasteiger partial charge in [-0.15, -0.1) is 0 Å². The largest absolute Gasteiger partial charge is 0.476 e. The summed E-state index contributed by atoms with van der Waals surface area (Å²) in [4.78, 5) is 10.9. The molecule has 0 aliphatic rings. The van der Waals surface area contributed by atoms with E-state index >= 15 is 0 Å². The van der Waals surface area contributed by atoms with Gasteiger partial charge in [0, 0.05) is 5.56 Å². The van der Waals surface area contributed by atoms with E-state index in [-0.39, 0.29) is 5.69 Å². The van der Waals surface area contributed by atoms with Gasteiger partial charge in [0.15, 0.2) is 5.76 Å². The fourth-order valence-electron chi connectivity index (χ4n) is 1.61. The molecule has 4 nitrogen and oxygen atoms in total. The number of carbonyl (C=O) groups is 1. The Balaban J connectivity index is 2.40. The number of nitrogens with zero attached hydrogens (tertiary/aromatic N) is 1. The third-order valence-corrected chi connectivity index (χ3v) is 3.41. The summed E-state index contributed by atoms with van der Waals surface area (Å²) in [7, 11) is 0. The Morgan fingerprint density at radius 1 is 1.33 bits per heavy atom. The molecule has 0 aliphatic heterocycles. The van der Waals surface area contributed by atoms with Crippen molar-refractivity contribution in [3.8, 4) is 11.3 Å². The predicted molar refractivity (Wildman–Crippen MR) is 70.7 cm³/mol. The molecular weight excluding hydrogens is 298 g/mol. The van der Waals surface area contributed by atoms with Crippen molar-refractivity contribution in [2.45, 2.75) is 19.8 Å². The first-order valence-corrected chi connectivity index (χ1v) is 6.28. The summed E-state index contributed by atoms with van der Waals surface area (Å²) in [5.41, 5.74) is 1.90. The van der Waals surface area contributed by atoms with Crippen LogP contribution in [-0.2, 0) is 0 Å². The van der Waals surface area contributed by atoms with Crippen LogP contribution in [0.1, 0.15) is 35.8 Å². The fraction of sp³-hybridized carbons (Fsp3) is 0.231. The molecule has 0 radical (unpaired) electrons. The third kappa shape index (κ3) is 2.31. The van der Waals surface area contributed by atoms with E-state index in [1.54, 1.807) is 0 Å². The second kappa shape index (κ2) is 4.94. The highest BCUT2D eigenvalue weighted by Crippen LogP contribution is 2.31. The maximum absolute atomic E-state index is 10.9. The zero-order valence-electron chi connectivity index (χ0n) is 9.98. The standard InChI is InChI=1S/C13H12BrNO3/c1-7(2)8-3-5-9(6-4-8)12-10(14)11(13(16)17)15-18-12/h3-7H,1-2H3,(H,16,17). The van der Waals surface area contributed by atoms with E-state index in [4.69, 9.17) is 9.63 Å². The lowest BCUT2D eigenvalue weighted by atomic mass is 10.0. The molecule has 2 rings (SSSR count). The number of rotatable bonds is 3. The van der Waals surface area contributed by atoms with Gasteiger partial charge in [0.2, 0.25) is 5.69 Å². The predicted octanol–water partition coefficient (Wildman–Crippen LogP) is 3.93. The third-order valence-electron chi connectivity index (χ3n) is 2.68. The Morgan fingerprint density at radius 3 is 2.39 bits per heavy atom. The summed E-state index contributed by atoms with van der Waals surface area (Å²) in [6.45, 7) is 4.23. The normalized spacial score (nSPS) is 10.9. The lowest BCUT2D eigenvalue weighted by Crippen LogP contribution is -1.96. The number of hydrogen-bond acceptors (Lipinski definition) is 3. The van der Waals surface area contributed by atoms with Crippen LogP contribution in [0.5, 0.6) is 0 Å². The van der Waals surface area contributed by atoms with Crippen LogP contribution in [0.15, 0.2) is 33.3 Å². The van der Waals surface area contributed by atoms with Crippen LogP contribution in [0.3, 0.4) is 0 Å². The molecule has 1 N–H and O–H groups in total. The molecule has 0 aliphatic carbocycles. The van der Waals surface area contributed by atoms with Crippen LogP contribution in [-0.4, -0.2) is 16.2 Å². The van der Waals surface area contributed by atoms with Gasteiger partial charge in [0.1, 0.15) is 4.47 Å². The molecular formula is C13H12BrNO3. The monoisotopic (exact) mass is 309 g/mol. The Kier molecular flexibility index (Phi) is 3.52. The van der Waals surface area contributed by atoms with Crippen molar-refractivity contribution in [1.29, 1.82) is 0 Å². The summed E-state index contributed by atoms with van der Waals surface area (Å²) in [5, 5.41) is 12.4.